The number of hydrogen-bond acceptors (Lipinski definition) is 4. The van der Waals surface area contributed by atoms with Crippen molar-refractivity contribution in [2.45, 2.75) is 26.7 Å². The molecule has 0 saturated carbocycles. The van der Waals surface area contributed by atoms with Crippen LogP contribution < -0.4 is 4.74 Å². The van der Waals surface area contributed by atoms with Crippen LogP contribution >= 0.6 is 0 Å². The van der Waals surface area contributed by atoms with E-state index in [9.17, 15) is 14.7 Å². The summed E-state index contributed by atoms with van der Waals surface area (Å²) in [5.41, 5.74) is 3.01. The van der Waals surface area contributed by atoms with Crippen LogP contribution in [0.3, 0.4) is 0 Å². The third-order valence-corrected chi connectivity index (χ3v) is 4.50. The summed E-state index contributed by atoms with van der Waals surface area (Å²) >= 11 is 0. The highest BCUT2D eigenvalue weighted by molar-refractivity contribution is 6.04. The molecule has 4 nitrogen and oxygen atoms in total. The second kappa shape index (κ2) is 8.32. The lowest BCUT2D eigenvalue weighted by atomic mass is 9.82. The molecule has 0 heterocycles. The first-order valence-electron chi connectivity index (χ1n) is 8.30. The minimum absolute atomic E-state index is 0.0338. The largest absolute Gasteiger partial charge is 0.504 e. The molecule has 0 bridgehead atoms. The van der Waals surface area contributed by atoms with Crippen molar-refractivity contribution in [1.82, 2.24) is 0 Å². The van der Waals surface area contributed by atoms with Gasteiger partial charge in [-0.15, -0.1) is 0 Å². The molecule has 0 aliphatic heterocycles. The Morgan fingerprint density at radius 2 is 1.77 bits per heavy atom. The number of allylic oxidation sites excluding steroid dienone is 3. The number of phenols is 1. The standard InChI is InChI=1S/C22H22O4/c1-14(16(3)24)22(19(13-23)17-8-6-5-7-9-17)15(2)18-10-11-20(25)21(12-18)26-4/h5-12,15,25H,1-4H3/b22-14+. The number of hydrogen-bond donors (Lipinski definition) is 1. The zero-order valence-corrected chi connectivity index (χ0v) is 15.4. The highest BCUT2D eigenvalue weighted by atomic mass is 16.5. The third kappa shape index (κ3) is 3.93. The number of ketones is 1. The van der Waals surface area contributed by atoms with Gasteiger partial charge in [0.05, 0.1) is 12.7 Å². The Bertz CT molecular complexity index is 888. The van der Waals surface area contributed by atoms with Gasteiger partial charge in [0.2, 0.25) is 0 Å². The van der Waals surface area contributed by atoms with E-state index in [1.165, 1.54) is 20.1 Å². The molecule has 0 aliphatic rings. The molecule has 2 aromatic rings. The Balaban J connectivity index is 2.65. The van der Waals surface area contributed by atoms with Crippen LogP contribution in [0.1, 0.15) is 37.8 Å². The van der Waals surface area contributed by atoms with Crippen LogP contribution in [0.15, 0.2) is 59.7 Å². The van der Waals surface area contributed by atoms with Crippen LogP contribution in [0.25, 0.3) is 5.57 Å². The van der Waals surface area contributed by atoms with E-state index >= 15 is 0 Å². The fourth-order valence-electron chi connectivity index (χ4n) is 2.92. The van der Waals surface area contributed by atoms with Crippen molar-refractivity contribution in [3.63, 3.8) is 0 Å². The normalized spacial score (nSPS) is 12.6. The zero-order chi connectivity index (χ0) is 19.3. The Labute approximate surface area is 153 Å². The summed E-state index contributed by atoms with van der Waals surface area (Å²) in [6, 6.07) is 14.2. The summed E-state index contributed by atoms with van der Waals surface area (Å²) in [7, 11) is 1.47. The molecule has 134 valence electrons. The Hall–Kier alpha value is -3.10. The van der Waals surface area contributed by atoms with Gasteiger partial charge in [-0.25, -0.2) is 4.79 Å². The number of Topliss-reactive ketones (excluding diaryl/α,β-unsaturated/α-hetero) is 1. The van der Waals surface area contributed by atoms with Crippen LogP contribution in [-0.4, -0.2) is 23.9 Å². The number of carbonyl (C=O) groups excluding carboxylic acids is 2. The van der Waals surface area contributed by atoms with E-state index in [0.29, 0.717) is 28.0 Å². The summed E-state index contributed by atoms with van der Waals surface area (Å²) in [6.45, 7) is 5.10. The van der Waals surface area contributed by atoms with Crippen molar-refractivity contribution >= 4 is 17.3 Å². The molecule has 0 aromatic heterocycles. The molecule has 1 unspecified atom stereocenters. The van der Waals surface area contributed by atoms with Gasteiger partial charge in [0.15, 0.2) is 17.3 Å². The summed E-state index contributed by atoms with van der Waals surface area (Å²) in [6.07, 6.45) is 0. The van der Waals surface area contributed by atoms with Gasteiger partial charge in [-0.3, -0.25) is 4.79 Å². The summed E-state index contributed by atoms with van der Waals surface area (Å²) in [5.74, 6) is 2.01. The van der Waals surface area contributed by atoms with Crippen LogP contribution in [0.2, 0.25) is 0 Å². The number of ether oxygens (including phenoxy) is 1. The highest BCUT2D eigenvalue weighted by Gasteiger charge is 2.23. The molecule has 0 radical (unpaired) electrons. The summed E-state index contributed by atoms with van der Waals surface area (Å²) < 4.78 is 5.18. The number of methoxy groups -OCH3 is 1. The van der Waals surface area contributed by atoms with Gasteiger partial charge in [-0.1, -0.05) is 43.3 Å². The number of benzene rings is 2. The van der Waals surface area contributed by atoms with Crippen molar-refractivity contribution < 1.29 is 19.4 Å². The number of rotatable bonds is 6. The van der Waals surface area contributed by atoms with Crippen molar-refractivity contribution in [3.05, 3.63) is 70.8 Å². The fourth-order valence-corrected chi connectivity index (χ4v) is 2.92. The van der Waals surface area contributed by atoms with E-state index in [1.54, 1.807) is 19.1 Å². The number of aromatic hydroxyl groups is 1. The average molecular weight is 350 g/mol. The number of carbonyl (C=O) groups is 1. The number of phenolic OH excluding ortho intramolecular Hbond substituents is 1. The van der Waals surface area contributed by atoms with Gasteiger partial charge in [-0.05, 0) is 48.3 Å². The maximum Gasteiger partial charge on any atom is 0.160 e. The molecule has 26 heavy (non-hydrogen) atoms. The monoisotopic (exact) mass is 350 g/mol. The van der Waals surface area contributed by atoms with E-state index in [1.807, 2.05) is 43.2 Å². The first-order valence-corrected chi connectivity index (χ1v) is 8.30. The van der Waals surface area contributed by atoms with Gasteiger partial charge in [-0.2, -0.15) is 0 Å². The second-order valence-electron chi connectivity index (χ2n) is 6.09. The molecule has 0 amide bonds. The fraction of sp³-hybridized carbons (Fsp3) is 0.227. The van der Waals surface area contributed by atoms with Gasteiger partial charge < -0.3 is 9.84 Å². The maximum absolute atomic E-state index is 12.1. The third-order valence-electron chi connectivity index (χ3n) is 4.50. The molecular weight excluding hydrogens is 328 g/mol. The van der Waals surface area contributed by atoms with Crippen LogP contribution in [0.4, 0.5) is 0 Å². The van der Waals surface area contributed by atoms with E-state index in [0.717, 1.165) is 5.56 Å². The lowest BCUT2D eigenvalue weighted by molar-refractivity contribution is -0.113. The minimum Gasteiger partial charge on any atom is -0.504 e. The lowest BCUT2D eigenvalue weighted by Crippen LogP contribution is -2.08. The highest BCUT2D eigenvalue weighted by Crippen LogP contribution is 2.38. The first-order chi connectivity index (χ1) is 12.4. The molecule has 0 aliphatic carbocycles. The summed E-state index contributed by atoms with van der Waals surface area (Å²) in [5, 5.41) is 9.83. The van der Waals surface area contributed by atoms with Gasteiger partial charge in [0.1, 0.15) is 5.94 Å². The molecular formula is C22H22O4. The van der Waals surface area contributed by atoms with Crippen LogP contribution in [0.5, 0.6) is 11.5 Å². The maximum atomic E-state index is 12.1. The van der Waals surface area contributed by atoms with Crippen molar-refractivity contribution in [2.24, 2.45) is 0 Å². The van der Waals surface area contributed by atoms with Crippen molar-refractivity contribution in [1.29, 1.82) is 0 Å². The Kier molecular flexibility index (Phi) is 6.16. The topological polar surface area (TPSA) is 63.6 Å². The van der Waals surface area contributed by atoms with Gasteiger partial charge in [0, 0.05) is 5.92 Å². The quantitative estimate of drug-likeness (QED) is 0.479. The van der Waals surface area contributed by atoms with Gasteiger partial charge >= 0.3 is 0 Å². The average Bonchev–Trinajstić information content (AvgIpc) is 2.66. The zero-order valence-electron chi connectivity index (χ0n) is 15.4. The lowest BCUT2D eigenvalue weighted by Gasteiger charge is -2.21. The van der Waals surface area contributed by atoms with E-state index in [-0.39, 0.29) is 17.5 Å². The Morgan fingerprint density at radius 3 is 2.31 bits per heavy atom. The predicted octanol–water partition coefficient (Wildman–Crippen LogP) is 4.33. The van der Waals surface area contributed by atoms with E-state index in [2.05, 4.69) is 0 Å². The Morgan fingerprint density at radius 1 is 1.12 bits per heavy atom. The summed E-state index contributed by atoms with van der Waals surface area (Å²) in [4.78, 5) is 23.9. The smallest absolute Gasteiger partial charge is 0.160 e. The molecule has 4 heteroatoms. The molecule has 2 rings (SSSR count). The van der Waals surface area contributed by atoms with Gasteiger partial charge in [0.25, 0.3) is 0 Å². The van der Waals surface area contributed by atoms with Crippen molar-refractivity contribution in [3.8, 4) is 11.5 Å². The van der Waals surface area contributed by atoms with Crippen LogP contribution in [0, 0.1) is 0 Å². The first kappa shape index (κ1) is 19.2. The SMILES string of the molecule is COc1cc(C(C)/C(C(=C=O)c2ccccc2)=C(/C)C(C)=O)ccc1O. The molecule has 2 aromatic carbocycles. The minimum atomic E-state index is -0.273. The molecule has 0 fully saturated rings. The molecule has 1 atom stereocenters. The van der Waals surface area contributed by atoms with E-state index in [4.69, 9.17) is 4.74 Å². The molecule has 1 N–H and O–H groups in total. The molecule has 0 spiro atoms. The predicted molar refractivity (Wildman–Crippen MR) is 102 cm³/mol. The van der Waals surface area contributed by atoms with Crippen molar-refractivity contribution in [2.75, 3.05) is 7.11 Å². The molecule has 0 saturated heterocycles. The second-order valence-corrected chi connectivity index (χ2v) is 6.09. The van der Waals surface area contributed by atoms with Crippen LogP contribution in [-0.2, 0) is 9.59 Å². The van der Waals surface area contributed by atoms with E-state index < -0.39 is 0 Å².